The van der Waals surface area contributed by atoms with Gasteiger partial charge in [-0.3, -0.25) is 0 Å². The van der Waals surface area contributed by atoms with Crippen LogP contribution in [0.2, 0.25) is 0 Å². The van der Waals surface area contributed by atoms with Crippen LogP contribution in [0.25, 0.3) is 0 Å². The molecule has 0 spiro atoms. The molecule has 0 aromatic carbocycles. The molecule has 1 rings (SSSR count). The van der Waals surface area contributed by atoms with Crippen molar-refractivity contribution in [3.63, 3.8) is 0 Å². The molecule has 0 bridgehead atoms. The first-order valence-corrected chi connectivity index (χ1v) is 1.91. The Hall–Kier alpha value is -0.740. The van der Waals surface area contributed by atoms with Gasteiger partial charge in [0.1, 0.15) is 0 Å². The first kappa shape index (κ1) is 4.42. The maximum absolute atomic E-state index is 5.12. The van der Waals surface area contributed by atoms with Crippen molar-refractivity contribution in [3.8, 4) is 0 Å². The van der Waals surface area contributed by atoms with E-state index < -0.39 is 0 Å². The topological polar surface area (TPSA) is 56.5 Å². The molecule has 1 aliphatic heterocycles. The van der Waals surface area contributed by atoms with Crippen LogP contribution in [-0.4, -0.2) is 6.54 Å². The minimum atomic E-state index is 0.368. The monoisotopic (exact) mass is 102 g/mol. The molecule has 0 radical (unpaired) electrons. The third-order valence-electron chi connectivity index (χ3n) is 0.618. The summed E-state index contributed by atoms with van der Waals surface area (Å²) >= 11 is 0. The minimum absolute atomic E-state index is 0.368. The van der Waals surface area contributed by atoms with Crippen LogP contribution < -0.4 is 11.2 Å². The van der Waals surface area contributed by atoms with E-state index >= 15 is 0 Å². The molecule has 0 aromatic heterocycles. The maximum Gasteiger partial charge on any atom is 0.176 e. The zero-order valence-electron chi connectivity index (χ0n) is 3.68. The van der Waals surface area contributed by atoms with Crippen molar-refractivity contribution in [2.24, 2.45) is 5.73 Å². The molecule has 1 aliphatic rings. The Morgan fingerprint density at radius 3 is 3.00 bits per heavy atom. The quantitative estimate of drug-likeness (QED) is 0.428. The number of hydrogen-bond acceptors (Lipinski definition) is 4. The van der Waals surface area contributed by atoms with Crippen molar-refractivity contribution >= 4 is 0 Å². The van der Waals surface area contributed by atoms with Gasteiger partial charge < -0.3 is 10.6 Å². The van der Waals surface area contributed by atoms with E-state index in [0.29, 0.717) is 12.3 Å². The number of hydroxylamine groups is 1. The van der Waals surface area contributed by atoms with Crippen LogP contribution in [0.4, 0.5) is 0 Å². The zero-order chi connectivity index (χ0) is 5.11. The predicted octanol–water partition coefficient (Wildman–Crippen LogP) is -0.747. The summed E-state index contributed by atoms with van der Waals surface area (Å²) in [5.41, 5.74) is 7.48. The van der Waals surface area contributed by atoms with Gasteiger partial charge in [-0.05, 0) is 0 Å². The van der Waals surface area contributed by atoms with Gasteiger partial charge in [-0.25, -0.2) is 5.48 Å². The molecule has 40 valence electrons. The number of rotatable bonds is 1. The fourth-order valence-electron chi connectivity index (χ4n) is 0.284. The van der Waals surface area contributed by atoms with Gasteiger partial charge in [-0.1, -0.05) is 4.99 Å². The lowest BCUT2D eigenvalue weighted by molar-refractivity contribution is -0.275. The van der Waals surface area contributed by atoms with Gasteiger partial charge in [0.25, 0.3) is 0 Å². The third-order valence-corrected chi connectivity index (χ3v) is 0.618. The van der Waals surface area contributed by atoms with E-state index in [-0.39, 0.29) is 0 Å². The van der Waals surface area contributed by atoms with Crippen molar-refractivity contribution in [2.75, 3.05) is 6.54 Å². The first-order valence-electron chi connectivity index (χ1n) is 1.91. The fourth-order valence-corrected chi connectivity index (χ4v) is 0.284. The molecule has 0 aromatic rings. The van der Waals surface area contributed by atoms with Crippen LogP contribution in [-0.2, 0) is 9.88 Å². The van der Waals surface area contributed by atoms with Crippen LogP contribution in [0, 0.1) is 0 Å². The summed E-state index contributed by atoms with van der Waals surface area (Å²) in [5.74, 6) is 0.611. The highest BCUT2D eigenvalue weighted by Gasteiger charge is 2.01. The van der Waals surface area contributed by atoms with Crippen molar-refractivity contribution in [3.05, 3.63) is 12.0 Å². The highest BCUT2D eigenvalue weighted by molar-refractivity contribution is 4.91. The van der Waals surface area contributed by atoms with E-state index in [2.05, 4.69) is 15.4 Å². The average molecular weight is 102 g/mol. The molecule has 3 N–H and O–H groups in total. The molecular formula is C3H6N2O2. The second-order valence-corrected chi connectivity index (χ2v) is 1.10. The van der Waals surface area contributed by atoms with Gasteiger partial charge in [0.05, 0.1) is 12.7 Å². The van der Waals surface area contributed by atoms with E-state index in [1.807, 2.05) is 0 Å². The Bertz CT molecular complexity index is 90.9. The highest BCUT2D eigenvalue weighted by atomic mass is 17.3. The van der Waals surface area contributed by atoms with E-state index in [9.17, 15) is 0 Å². The lowest BCUT2D eigenvalue weighted by atomic mass is 10.5. The Morgan fingerprint density at radius 2 is 2.71 bits per heavy atom. The summed E-state index contributed by atoms with van der Waals surface area (Å²) in [6.45, 7) is 0.368. The van der Waals surface area contributed by atoms with Crippen LogP contribution in [0.5, 0.6) is 0 Å². The summed E-state index contributed by atoms with van der Waals surface area (Å²) in [4.78, 5) is 8.65. The van der Waals surface area contributed by atoms with Crippen molar-refractivity contribution in [1.29, 1.82) is 0 Å². The lowest BCUT2D eigenvalue weighted by Crippen LogP contribution is -2.02. The van der Waals surface area contributed by atoms with Gasteiger partial charge in [0, 0.05) is 0 Å². The Labute approximate surface area is 40.8 Å². The van der Waals surface area contributed by atoms with Crippen molar-refractivity contribution in [1.82, 2.24) is 5.48 Å². The summed E-state index contributed by atoms with van der Waals surface area (Å²) in [6.07, 6.45) is 1.56. The van der Waals surface area contributed by atoms with Crippen molar-refractivity contribution < 1.29 is 9.88 Å². The van der Waals surface area contributed by atoms with Crippen molar-refractivity contribution in [2.45, 2.75) is 0 Å². The normalized spacial score (nSPS) is 17.6. The maximum atomic E-state index is 5.12. The van der Waals surface area contributed by atoms with Gasteiger partial charge >= 0.3 is 0 Å². The SMILES string of the molecule is NCC1=CNOO1. The number of hydrogen-bond donors (Lipinski definition) is 2. The molecule has 4 nitrogen and oxygen atoms in total. The van der Waals surface area contributed by atoms with Crippen LogP contribution in [0.1, 0.15) is 0 Å². The smallest absolute Gasteiger partial charge is 0.176 e. The van der Waals surface area contributed by atoms with Gasteiger partial charge in [0.15, 0.2) is 5.76 Å². The molecular weight excluding hydrogens is 96.0 g/mol. The molecule has 0 unspecified atom stereocenters. The summed E-state index contributed by atoms with van der Waals surface area (Å²) in [5, 5.41) is 0. The largest absolute Gasteiger partial charge is 0.324 e. The predicted molar refractivity (Wildman–Crippen MR) is 22.4 cm³/mol. The van der Waals surface area contributed by atoms with E-state index in [1.54, 1.807) is 6.20 Å². The molecule has 1 heterocycles. The second-order valence-electron chi connectivity index (χ2n) is 1.10. The van der Waals surface area contributed by atoms with E-state index in [1.165, 1.54) is 0 Å². The standard InChI is InChI=1S/C3H6N2O2/c4-1-3-2-5-7-6-3/h2,5H,1,4H2. The molecule has 0 saturated heterocycles. The Balaban J connectivity index is 2.36. The van der Waals surface area contributed by atoms with Crippen LogP contribution in [0.15, 0.2) is 12.0 Å². The van der Waals surface area contributed by atoms with Gasteiger partial charge in [0.2, 0.25) is 0 Å². The summed E-state index contributed by atoms with van der Waals surface area (Å²) < 4.78 is 0. The number of nitrogens with one attached hydrogen (secondary N) is 1. The first-order chi connectivity index (χ1) is 3.43. The van der Waals surface area contributed by atoms with Gasteiger partial charge in [-0.15, -0.1) is 0 Å². The number of nitrogens with two attached hydrogens (primary N) is 1. The third kappa shape index (κ3) is 0.819. The Morgan fingerprint density at radius 1 is 1.86 bits per heavy atom. The van der Waals surface area contributed by atoms with E-state index in [4.69, 9.17) is 5.73 Å². The lowest BCUT2D eigenvalue weighted by Gasteiger charge is -1.89. The molecule has 4 heteroatoms. The fraction of sp³-hybridized carbons (Fsp3) is 0.333. The zero-order valence-corrected chi connectivity index (χ0v) is 3.68. The molecule has 0 saturated carbocycles. The average Bonchev–Trinajstić information content (AvgIpc) is 2.14. The minimum Gasteiger partial charge on any atom is -0.324 e. The molecule has 0 amide bonds. The van der Waals surface area contributed by atoms with Gasteiger partial charge in [-0.2, -0.15) is 0 Å². The van der Waals surface area contributed by atoms with Crippen LogP contribution >= 0.6 is 0 Å². The summed E-state index contributed by atoms with van der Waals surface area (Å²) in [7, 11) is 0. The highest BCUT2D eigenvalue weighted by Crippen LogP contribution is 1.97. The van der Waals surface area contributed by atoms with Crippen LogP contribution in [0.3, 0.4) is 0 Å². The molecule has 7 heavy (non-hydrogen) atoms. The van der Waals surface area contributed by atoms with E-state index in [0.717, 1.165) is 0 Å². The second kappa shape index (κ2) is 1.81. The molecule has 0 fully saturated rings. The molecule has 0 atom stereocenters. The molecule has 0 aliphatic carbocycles. The Kier molecular flexibility index (Phi) is 1.14. The summed E-state index contributed by atoms with van der Waals surface area (Å²) in [6, 6.07) is 0.